The molecule has 0 radical (unpaired) electrons. The van der Waals surface area contributed by atoms with E-state index < -0.39 is 0 Å². The molecule has 0 aromatic heterocycles. The minimum atomic E-state index is 0.259. The fourth-order valence-corrected chi connectivity index (χ4v) is 2.26. The largest absolute Gasteiger partial charge is 0.396 e. The topological polar surface area (TPSA) is 52.5 Å². The van der Waals surface area contributed by atoms with Crippen LogP contribution in [-0.2, 0) is 0 Å². The summed E-state index contributed by atoms with van der Waals surface area (Å²) in [6, 6.07) is 0. The Morgan fingerprint density at radius 1 is 1.08 bits per heavy atom. The second-order valence-electron chi connectivity index (χ2n) is 3.87. The minimum Gasteiger partial charge on any atom is -0.396 e. The first-order valence-corrected chi connectivity index (χ1v) is 5.31. The van der Waals surface area contributed by atoms with Crippen molar-refractivity contribution in [3.63, 3.8) is 0 Å². The van der Waals surface area contributed by atoms with E-state index in [-0.39, 0.29) is 13.2 Å². The van der Waals surface area contributed by atoms with Gasteiger partial charge in [0.2, 0.25) is 0 Å². The van der Waals surface area contributed by atoms with Gasteiger partial charge < -0.3 is 15.5 Å². The molecule has 1 saturated heterocycles. The molecule has 0 aliphatic carbocycles. The maximum Gasteiger partial charge on any atom is 0.0433 e. The molecule has 0 spiro atoms. The normalized spacial score (nSPS) is 19.6. The molecule has 78 valence electrons. The maximum absolute atomic E-state index is 8.90. The zero-order valence-corrected chi connectivity index (χ0v) is 8.21. The van der Waals surface area contributed by atoms with Gasteiger partial charge in [0.05, 0.1) is 0 Å². The summed E-state index contributed by atoms with van der Waals surface area (Å²) < 4.78 is 0. The van der Waals surface area contributed by atoms with Crippen LogP contribution < -0.4 is 5.32 Å². The van der Waals surface area contributed by atoms with E-state index in [1.807, 2.05) is 0 Å². The summed E-state index contributed by atoms with van der Waals surface area (Å²) in [5, 5.41) is 21.1. The van der Waals surface area contributed by atoms with Gasteiger partial charge in [-0.3, -0.25) is 0 Å². The Morgan fingerprint density at radius 2 is 1.62 bits per heavy atom. The zero-order valence-electron chi connectivity index (χ0n) is 8.21. The Bertz CT molecular complexity index is 118. The second-order valence-corrected chi connectivity index (χ2v) is 3.87. The van der Waals surface area contributed by atoms with Crippen LogP contribution >= 0.6 is 0 Å². The zero-order chi connectivity index (χ0) is 9.52. The van der Waals surface area contributed by atoms with Gasteiger partial charge in [-0.05, 0) is 50.6 Å². The van der Waals surface area contributed by atoms with E-state index in [2.05, 4.69) is 5.32 Å². The van der Waals surface area contributed by atoms with Gasteiger partial charge in [0.1, 0.15) is 0 Å². The molecule has 0 amide bonds. The number of aliphatic hydroxyl groups excluding tert-OH is 2. The number of nitrogens with one attached hydrogen (secondary N) is 1. The number of hydrogen-bond donors (Lipinski definition) is 3. The number of aliphatic hydroxyl groups is 2. The number of hydrogen-bond acceptors (Lipinski definition) is 3. The third-order valence-electron chi connectivity index (χ3n) is 3.05. The summed E-state index contributed by atoms with van der Waals surface area (Å²) in [4.78, 5) is 0. The molecule has 0 unspecified atom stereocenters. The Morgan fingerprint density at radius 3 is 2.08 bits per heavy atom. The van der Waals surface area contributed by atoms with Crippen LogP contribution in [0.2, 0.25) is 0 Å². The minimum absolute atomic E-state index is 0.259. The average molecular weight is 187 g/mol. The summed E-state index contributed by atoms with van der Waals surface area (Å²) in [5.74, 6) is 1.23. The van der Waals surface area contributed by atoms with Gasteiger partial charge in [0, 0.05) is 13.2 Å². The number of rotatable bonds is 5. The van der Waals surface area contributed by atoms with Crippen molar-refractivity contribution in [3.8, 4) is 0 Å². The average Bonchev–Trinajstić information content (AvgIpc) is 2.19. The van der Waals surface area contributed by atoms with Crippen LogP contribution in [-0.4, -0.2) is 36.5 Å². The van der Waals surface area contributed by atoms with Crippen LogP contribution in [0.25, 0.3) is 0 Å². The molecule has 3 N–H and O–H groups in total. The molecule has 0 aromatic carbocycles. The molecule has 13 heavy (non-hydrogen) atoms. The Kier molecular flexibility index (Phi) is 5.35. The SMILES string of the molecule is OCCC(CCO)C1CCNCC1. The van der Waals surface area contributed by atoms with Crippen LogP contribution in [0.15, 0.2) is 0 Å². The van der Waals surface area contributed by atoms with Crippen molar-refractivity contribution in [2.45, 2.75) is 25.7 Å². The summed E-state index contributed by atoms with van der Waals surface area (Å²) in [5.41, 5.74) is 0. The highest BCUT2D eigenvalue weighted by Gasteiger charge is 2.22. The van der Waals surface area contributed by atoms with E-state index >= 15 is 0 Å². The molecule has 0 bridgehead atoms. The van der Waals surface area contributed by atoms with Crippen molar-refractivity contribution in [2.24, 2.45) is 11.8 Å². The second kappa shape index (κ2) is 6.35. The van der Waals surface area contributed by atoms with E-state index in [1.165, 1.54) is 12.8 Å². The highest BCUT2D eigenvalue weighted by atomic mass is 16.3. The van der Waals surface area contributed by atoms with Crippen molar-refractivity contribution in [3.05, 3.63) is 0 Å². The Labute approximate surface area is 80.2 Å². The molecule has 1 rings (SSSR count). The molecule has 3 nitrogen and oxygen atoms in total. The molecule has 1 aliphatic rings. The monoisotopic (exact) mass is 187 g/mol. The molecular formula is C10H21NO2. The Hall–Kier alpha value is -0.120. The van der Waals surface area contributed by atoms with E-state index in [1.54, 1.807) is 0 Å². The third-order valence-corrected chi connectivity index (χ3v) is 3.05. The van der Waals surface area contributed by atoms with Crippen molar-refractivity contribution >= 4 is 0 Å². The smallest absolute Gasteiger partial charge is 0.0433 e. The first-order chi connectivity index (χ1) is 6.38. The van der Waals surface area contributed by atoms with E-state index in [9.17, 15) is 0 Å². The lowest BCUT2D eigenvalue weighted by molar-refractivity contribution is 0.156. The molecule has 1 fully saturated rings. The highest BCUT2D eigenvalue weighted by molar-refractivity contribution is 4.75. The fraction of sp³-hybridized carbons (Fsp3) is 1.00. The predicted molar refractivity (Wildman–Crippen MR) is 52.5 cm³/mol. The first-order valence-electron chi connectivity index (χ1n) is 5.31. The Balaban J connectivity index is 2.32. The fourth-order valence-electron chi connectivity index (χ4n) is 2.26. The van der Waals surface area contributed by atoms with Gasteiger partial charge in [-0.25, -0.2) is 0 Å². The van der Waals surface area contributed by atoms with Crippen LogP contribution in [0.3, 0.4) is 0 Å². The molecule has 0 saturated carbocycles. The van der Waals surface area contributed by atoms with E-state index in [4.69, 9.17) is 10.2 Å². The number of piperidine rings is 1. The van der Waals surface area contributed by atoms with Crippen LogP contribution in [0.1, 0.15) is 25.7 Å². The van der Waals surface area contributed by atoms with Crippen molar-refractivity contribution in [1.29, 1.82) is 0 Å². The van der Waals surface area contributed by atoms with Gasteiger partial charge in [-0.1, -0.05) is 0 Å². The molecule has 1 aliphatic heterocycles. The summed E-state index contributed by atoms with van der Waals surface area (Å²) in [7, 11) is 0. The van der Waals surface area contributed by atoms with Gasteiger partial charge in [0.15, 0.2) is 0 Å². The predicted octanol–water partition coefficient (Wildman–Crippen LogP) is 0.367. The molecule has 3 heteroatoms. The molecular weight excluding hydrogens is 166 g/mol. The standard InChI is InChI=1S/C10H21NO2/c12-7-3-10(4-8-13)9-1-5-11-6-2-9/h9-13H,1-8H2. The third kappa shape index (κ3) is 3.63. The van der Waals surface area contributed by atoms with Crippen LogP contribution in [0.4, 0.5) is 0 Å². The summed E-state index contributed by atoms with van der Waals surface area (Å²) in [6.45, 7) is 2.71. The molecule has 0 atom stereocenters. The maximum atomic E-state index is 8.90. The van der Waals surface area contributed by atoms with Crippen molar-refractivity contribution in [1.82, 2.24) is 5.32 Å². The van der Waals surface area contributed by atoms with Crippen LogP contribution in [0, 0.1) is 11.8 Å². The highest BCUT2D eigenvalue weighted by Crippen LogP contribution is 2.26. The summed E-state index contributed by atoms with van der Waals surface area (Å²) >= 11 is 0. The molecule has 0 aromatic rings. The quantitative estimate of drug-likeness (QED) is 0.583. The van der Waals surface area contributed by atoms with Gasteiger partial charge in [0.25, 0.3) is 0 Å². The van der Waals surface area contributed by atoms with Crippen molar-refractivity contribution in [2.75, 3.05) is 26.3 Å². The lowest BCUT2D eigenvalue weighted by atomic mass is 9.81. The van der Waals surface area contributed by atoms with E-state index in [0.29, 0.717) is 11.8 Å². The summed E-state index contributed by atoms with van der Waals surface area (Å²) in [6.07, 6.45) is 4.10. The first kappa shape index (κ1) is 11.0. The van der Waals surface area contributed by atoms with E-state index in [0.717, 1.165) is 25.9 Å². The lowest BCUT2D eigenvalue weighted by Gasteiger charge is -2.30. The van der Waals surface area contributed by atoms with Crippen molar-refractivity contribution < 1.29 is 10.2 Å². The van der Waals surface area contributed by atoms with Gasteiger partial charge >= 0.3 is 0 Å². The lowest BCUT2D eigenvalue weighted by Crippen LogP contribution is -2.32. The van der Waals surface area contributed by atoms with Crippen LogP contribution in [0.5, 0.6) is 0 Å². The molecule has 1 heterocycles. The van der Waals surface area contributed by atoms with Gasteiger partial charge in [-0.15, -0.1) is 0 Å². The van der Waals surface area contributed by atoms with Gasteiger partial charge in [-0.2, -0.15) is 0 Å².